The van der Waals surface area contributed by atoms with Gasteiger partial charge < -0.3 is 20.1 Å². The highest BCUT2D eigenvalue weighted by Crippen LogP contribution is 2.45. The maximum atomic E-state index is 13.8. The molecule has 0 radical (unpaired) electrons. The van der Waals surface area contributed by atoms with Crippen molar-refractivity contribution in [2.75, 3.05) is 17.4 Å². The van der Waals surface area contributed by atoms with Crippen LogP contribution in [0, 0.1) is 5.92 Å². The van der Waals surface area contributed by atoms with Crippen molar-refractivity contribution in [3.05, 3.63) is 120 Å². The van der Waals surface area contributed by atoms with E-state index < -0.39 is 0 Å². The van der Waals surface area contributed by atoms with Crippen molar-refractivity contribution in [1.82, 2.24) is 0 Å². The molecule has 0 amide bonds. The summed E-state index contributed by atoms with van der Waals surface area (Å²) in [5.74, 6) is 1.35. The number of para-hydroxylation sites is 2. The van der Waals surface area contributed by atoms with Crippen LogP contribution in [0.25, 0.3) is 11.1 Å². The molecule has 4 aromatic rings. The number of rotatable bonds is 3. The van der Waals surface area contributed by atoms with Crippen LogP contribution < -0.4 is 20.1 Å². The third-order valence-electron chi connectivity index (χ3n) is 7.54. The zero-order valence-corrected chi connectivity index (χ0v) is 20.2. The normalized spacial score (nSPS) is 21.6. The number of ether oxygens (including phenoxy) is 2. The number of hydrogen-bond acceptors (Lipinski definition) is 5. The van der Waals surface area contributed by atoms with E-state index in [1.165, 1.54) is 5.56 Å². The fourth-order valence-electron chi connectivity index (χ4n) is 5.65. The summed E-state index contributed by atoms with van der Waals surface area (Å²) in [7, 11) is 0. The molecule has 2 aliphatic heterocycles. The number of hydrogen-bond donors (Lipinski definition) is 2. The third-order valence-corrected chi connectivity index (χ3v) is 7.54. The molecule has 5 nitrogen and oxygen atoms in total. The lowest BCUT2D eigenvalue weighted by atomic mass is 9.76. The molecule has 0 saturated carbocycles. The van der Waals surface area contributed by atoms with E-state index in [0.717, 1.165) is 45.3 Å². The monoisotopic (exact) mass is 486 g/mol. The van der Waals surface area contributed by atoms with Gasteiger partial charge in [0.15, 0.2) is 11.5 Å². The van der Waals surface area contributed by atoms with Crippen LogP contribution in [0.4, 0.5) is 11.4 Å². The zero-order valence-electron chi connectivity index (χ0n) is 20.2. The molecular weight excluding hydrogens is 460 g/mol. The molecule has 0 saturated heterocycles. The summed E-state index contributed by atoms with van der Waals surface area (Å²) >= 11 is 0. The molecule has 0 bridgehead atoms. The Balaban J connectivity index is 1.28. The molecule has 7 rings (SSSR count). The molecule has 3 aliphatic rings. The van der Waals surface area contributed by atoms with E-state index in [9.17, 15) is 4.79 Å². The van der Waals surface area contributed by atoms with Crippen LogP contribution in [0.2, 0.25) is 0 Å². The molecule has 0 aromatic heterocycles. The SMILES string of the molecule is O=C1C[C@H](c2ccc3c(c2)OCO3)C=C2Nc3ccccc3N[C@@H](c3ccc(-c4ccccc4)cc3)[C@H]12. The van der Waals surface area contributed by atoms with Crippen LogP contribution in [0.5, 0.6) is 11.5 Å². The van der Waals surface area contributed by atoms with E-state index in [2.05, 4.69) is 65.2 Å². The van der Waals surface area contributed by atoms with E-state index in [-0.39, 0.29) is 30.5 Å². The summed E-state index contributed by atoms with van der Waals surface area (Å²) in [5, 5.41) is 7.30. The Morgan fingerprint density at radius 3 is 2.24 bits per heavy atom. The first-order valence-electron chi connectivity index (χ1n) is 12.6. The Morgan fingerprint density at radius 2 is 1.41 bits per heavy atom. The maximum Gasteiger partial charge on any atom is 0.231 e. The number of carbonyl (C=O) groups excluding carboxylic acids is 1. The molecule has 3 atom stereocenters. The Kier molecular flexibility index (Phi) is 5.21. The Morgan fingerprint density at radius 1 is 0.703 bits per heavy atom. The van der Waals surface area contributed by atoms with Crippen LogP contribution in [0.1, 0.15) is 29.5 Å². The summed E-state index contributed by atoms with van der Waals surface area (Å²) in [6.07, 6.45) is 2.66. The van der Waals surface area contributed by atoms with Gasteiger partial charge in [0.1, 0.15) is 5.78 Å². The first kappa shape index (κ1) is 21.7. The van der Waals surface area contributed by atoms with Crippen LogP contribution in [-0.4, -0.2) is 12.6 Å². The number of benzene rings is 4. The van der Waals surface area contributed by atoms with Gasteiger partial charge in [0.2, 0.25) is 6.79 Å². The van der Waals surface area contributed by atoms with Crippen LogP contribution in [-0.2, 0) is 4.79 Å². The van der Waals surface area contributed by atoms with Crippen LogP contribution in [0.15, 0.2) is 109 Å². The summed E-state index contributed by atoms with van der Waals surface area (Å²) in [5.41, 5.74) is 7.38. The topological polar surface area (TPSA) is 59.6 Å². The molecule has 1 aliphatic carbocycles. The van der Waals surface area contributed by atoms with E-state index in [1.807, 2.05) is 48.5 Å². The number of fused-ring (bicyclic) bond motifs is 3. The molecule has 37 heavy (non-hydrogen) atoms. The number of carbonyl (C=O) groups is 1. The molecule has 0 unspecified atom stereocenters. The second kappa shape index (κ2) is 8.86. The molecule has 2 heterocycles. The minimum absolute atomic E-state index is 0.0351. The fraction of sp³-hybridized carbons (Fsp3) is 0.156. The minimum atomic E-state index is -0.319. The quantitative estimate of drug-likeness (QED) is 0.329. The second-order valence-electron chi connectivity index (χ2n) is 9.77. The van der Waals surface area contributed by atoms with E-state index >= 15 is 0 Å². The molecule has 182 valence electrons. The van der Waals surface area contributed by atoms with Gasteiger partial charge in [0, 0.05) is 18.0 Å². The van der Waals surface area contributed by atoms with Gasteiger partial charge in [-0.3, -0.25) is 4.79 Å². The number of ketones is 1. The summed E-state index contributed by atoms with van der Waals surface area (Å²) in [4.78, 5) is 13.8. The highest BCUT2D eigenvalue weighted by molar-refractivity contribution is 5.90. The Hall–Kier alpha value is -4.51. The lowest BCUT2D eigenvalue weighted by Gasteiger charge is -2.32. The average Bonchev–Trinajstić information content (AvgIpc) is 3.34. The summed E-state index contributed by atoms with van der Waals surface area (Å²) in [6, 6.07) is 32.8. The average molecular weight is 487 g/mol. The minimum Gasteiger partial charge on any atom is -0.454 e. The zero-order chi connectivity index (χ0) is 24.8. The van der Waals surface area contributed by atoms with Gasteiger partial charge in [-0.05, 0) is 46.5 Å². The predicted octanol–water partition coefficient (Wildman–Crippen LogP) is 6.92. The first-order chi connectivity index (χ1) is 18.2. The lowest BCUT2D eigenvalue weighted by Crippen LogP contribution is -2.33. The number of Topliss-reactive ketones (excluding diaryl/α,β-unsaturated/α-hetero) is 1. The summed E-state index contributed by atoms with van der Waals surface area (Å²) in [6.45, 7) is 0.236. The number of anilines is 2. The van der Waals surface area contributed by atoms with Crippen molar-refractivity contribution >= 4 is 17.2 Å². The van der Waals surface area contributed by atoms with Gasteiger partial charge in [0.05, 0.1) is 23.3 Å². The second-order valence-corrected chi connectivity index (χ2v) is 9.77. The smallest absolute Gasteiger partial charge is 0.231 e. The van der Waals surface area contributed by atoms with Gasteiger partial charge in [-0.25, -0.2) is 0 Å². The van der Waals surface area contributed by atoms with Crippen molar-refractivity contribution in [2.24, 2.45) is 5.92 Å². The molecular formula is C32H26N2O3. The van der Waals surface area contributed by atoms with Crippen molar-refractivity contribution in [3.63, 3.8) is 0 Å². The van der Waals surface area contributed by atoms with Gasteiger partial charge in [-0.2, -0.15) is 0 Å². The lowest BCUT2D eigenvalue weighted by molar-refractivity contribution is -0.122. The number of nitrogens with one attached hydrogen (secondary N) is 2. The van der Waals surface area contributed by atoms with E-state index in [0.29, 0.717) is 6.42 Å². The van der Waals surface area contributed by atoms with Crippen molar-refractivity contribution in [2.45, 2.75) is 18.4 Å². The fourth-order valence-corrected chi connectivity index (χ4v) is 5.65. The predicted molar refractivity (Wildman–Crippen MR) is 145 cm³/mol. The third kappa shape index (κ3) is 3.93. The van der Waals surface area contributed by atoms with Crippen molar-refractivity contribution in [1.29, 1.82) is 0 Å². The highest BCUT2D eigenvalue weighted by Gasteiger charge is 2.40. The maximum absolute atomic E-state index is 13.8. The molecule has 2 N–H and O–H groups in total. The van der Waals surface area contributed by atoms with Gasteiger partial charge >= 0.3 is 0 Å². The molecule has 0 fully saturated rings. The largest absolute Gasteiger partial charge is 0.454 e. The van der Waals surface area contributed by atoms with Gasteiger partial charge in [-0.15, -0.1) is 0 Å². The van der Waals surface area contributed by atoms with Crippen molar-refractivity contribution < 1.29 is 14.3 Å². The van der Waals surface area contributed by atoms with E-state index in [4.69, 9.17) is 9.47 Å². The van der Waals surface area contributed by atoms with Gasteiger partial charge in [-0.1, -0.05) is 78.9 Å². The van der Waals surface area contributed by atoms with Crippen LogP contribution in [0.3, 0.4) is 0 Å². The highest BCUT2D eigenvalue weighted by atomic mass is 16.7. The van der Waals surface area contributed by atoms with Gasteiger partial charge in [0.25, 0.3) is 0 Å². The first-order valence-corrected chi connectivity index (χ1v) is 12.6. The van der Waals surface area contributed by atoms with E-state index in [1.54, 1.807) is 0 Å². The standard InChI is InChI=1S/C32H26N2O3/c35-28-17-24(23-14-15-29-30(18-23)37-19-36-29)16-27-31(28)32(34-26-9-5-4-8-25(26)33-27)22-12-10-21(11-13-22)20-6-2-1-3-7-20/h1-16,18,24,31-34H,17,19H2/t24-,31+,32+/m1/s1. The Labute approximate surface area is 215 Å². The Bertz CT molecular complexity index is 1510. The van der Waals surface area contributed by atoms with Crippen molar-refractivity contribution in [3.8, 4) is 22.6 Å². The number of allylic oxidation sites excluding steroid dienone is 1. The summed E-state index contributed by atoms with van der Waals surface area (Å²) < 4.78 is 11.1. The molecule has 4 aromatic carbocycles. The molecule has 5 heteroatoms. The molecule has 0 spiro atoms. The van der Waals surface area contributed by atoms with Crippen LogP contribution >= 0.6 is 0 Å².